The molecule has 0 unspecified atom stereocenters. The molecule has 0 spiro atoms. The Labute approximate surface area is 34.9 Å². The van der Waals surface area contributed by atoms with Crippen LogP contribution in [-0.2, 0) is 0 Å². The Balaban J connectivity index is 2.32. The van der Waals surface area contributed by atoms with Crippen molar-refractivity contribution in [3.63, 3.8) is 0 Å². The monoisotopic (exact) mass is 175 g/mol. The first-order valence-electron chi connectivity index (χ1n) is 1.22. The van der Waals surface area contributed by atoms with E-state index in [0.717, 1.165) is 0 Å². The van der Waals surface area contributed by atoms with Crippen LogP contribution in [0.4, 0.5) is 0 Å². The van der Waals surface area contributed by atoms with Crippen molar-refractivity contribution in [3.05, 3.63) is 0 Å². The van der Waals surface area contributed by atoms with E-state index < -0.39 is 0 Å². The van der Waals surface area contributed by atoms with Crippen molar-refractivity contribution in [1.29, 1.82) is 0 Å². The summed E-state index contributed by atoms with van der Waals surface area (Å²) in [5.74, 6) is 0. The Bertz CT molecular complexity index is 8.00. The summed E-state index contributed by atoms with van der Waals surface area (Å²) in [5, 5.41) is 0. The summed E-state index contributed by atoms with van der Waals surface area (Å²) < 4.78 is 0. The molecule has 0 fully saturated rings. The number of hydrogen-bond acceptors (Lipinski definition) is 0. The molecule has 0 heterocycles. The topological polar surface area (TPSA) is 0 Å². The van der Waals surface area contributed by atoms with Crippen LogP contribution in [0.5, 0.6) is 0 Å². The van der Waals surface area contributed by atoms with Crippen LogP contribution in [0, 0.1) is 0 Å². The van der Waals surface area contributed by atoms with Gasteiger partial charge in [-0.25, -0.2) is 0 Å². The second kappa shape index (κ2) is 2.05. The summed E-state index contributed by atoms with van der Waals surface area (Å²) in [4.78, 5) is 7.01. The molecule has 0 aromatic rings. The SMILES string of the molecule is C[Te+](C)C. The Morgan fingerprint density at radius 1 is 1.00 bits per heavy atom. The first-order valence-corrected chi connectivity index (χ1v) is 8.22. The summed E-state index contributed by atoms with van der Waals surface area (Å²) in [5.41, 5.74) is 0. The molecular weight excluding hydrogens is 164 g/mol. The maximum atomic E-state index is 2.34. The van der Waals surface area contributed by atoms with Crippen molar-refractivity contribution in [2.45, 2.75) is 14.9 Å². The minimum absolute atomic E-state index is 0.357. The zero-order valence-electron chi connectivity index (χ0n) is 3.41. The molecule has 0 aromatic carbocycles. The summed E-state index contributed by atoms with van der Waals surface area (Å²) in [6.45, 7) is 0. The van der Waals surface area contributed by atoms with Crippen molar-refractivity contribution in [2.75, 3.05) is 0 Å². The summed E-state index contributed by atoms with van der Waals surface area (Å²) in [7, 11) is 0. The molecule has 26 valence electrons. The van der Waals surface area contributed by atoms with Gasteiger partial charge in [-0.3, -0.25) is 0 Å². The van der Waals surface area contributed by atoms with E-state index in [9.17, 15) is 0 Å². The standard InChI is InChI=1S/C3H9Te/c1-4(2)3/h1-3H3/q+1. The van der Waals surface area contributed by atoms with Gasteiger partial charge < -0.3 is 0 Å². The van der Waals surface area contributed by atoms with Crippen molar-refractivity contribution >= 4 is 19.6 Å². The van der Waals surface area contributed by atoms with E-state index in [1.165, 1.54) is 0 Å². The van der Waals surface area contributed by atoms with Crippen LogP contribution in [0.25, 0.3) is 0 Å². The molecule has 0 saturated heterocycles. The Kier molecular flexibility index (Phi) is 2.46. The van der Waals surface area contributed by atoms with Gasteiger partial charge in [-0.15, -0.1) is 0 Å². The van der Waals surface area contributed by atoms with Gasteiger partial charge in [0.15, 0.2) is 0 Å². The van der Waals surface area contributed by atoms with Crippen LogP contribution in [-0.4, -0.2) is 19.6 Å². The van der Waals surface area contributed by atoms with Gasteiger partial charge in [0, 0.05) is 0 Å². The zero-order chi connectivity index (χ0) is 3.58. The number of rotatable bonds is 0. The van der Waals surface area contributed by atoms with Gasteiger partial charge in [-0.05, 0) is 0 Å². The Morgan fingerprint density at radius 3 is 1.00 bits per heavy atom. The van der Waals surface area contributed by atoms with Gasteiger partial charge in [0.1, 0.15) is 0 Å². The van der Waals surface area contributed by atoms with E-state index in [4.69, 9.17) is 0 Å². The van der Waals surface area contributed by atoms with Gasteiger partial charge in [0.05, 0.1) is 0 Å². The average molecular weight is 173 g/mol. The normalized spacial score (nSPS) is 9.00. The second-order valence-corrected chi connectivity index (χ2v) is 8.22. The van der Waals surface area contributed by atoms with Crippen LogP contribution < -0.4 is 0 Å². The summed E-state index contributed by atoms with van der Waals surface area (Å²) >= 11 is -0.357. The third-order valence-electron chi connectivity index (χ3n) is 0. The first kappa shape index (κ1) is 4.79. The molecule has 0 nitrogen and oxygen atoms in total. The van der Waals surface area contributed by atoms with Crippen molar-refractivity contribution in [2.24, 2.45) is 0 Å². The van der Waals surface area contributed by atoms with Gasteiger partial charge in [0.25, 0.3) is 0 Å². The molecule has 0 aliphatic heterocycles. The molecule has 0 aliphatic rings. The van der Waals surface area contributed by atoms with Crippen LogP contribution in [0.1, 0.15) is 0 Å². The van der Waals surface area contributed by atoms with E-state index in [0.29, 0.717) is 0 Å². The van der Waals surface area contributed by atoms with Crippen molar-refractivity contribution in [1.82, 2.24) is 0 Å². The van der Waals surface area contributed by atoms with E-state index in [1.807, 2.05) is 0 Å². The van der Waals surface area contributed by atoms with Crippen LogP contribution in [0.2, 0.25) is 14.9 Å². The molecule has 0 N–H and O–H groups in total. The fourth-order valence-corrected chi connectivity index (χ4v) is 0. The van der Waals surface area contributed by atoms with Gasteiger partial charge >= 0.3 is 34.5 Å². The average Bonchev–Trinajstić information content (AvgIpc) is 0.811. The maximum absolute atomic E-state index is 2.34. The van der Waals surface area contributed by atoms with Gasteiger partial charge in [-0.2, -0.15) is 0 Å². The molecule has 4 heavy (non-hydrogen) atoms. The number of hydrogen-bond donors (Lipinski definition) is 0. The second-order valence-electron chi connectivity index (χ2n) is 1.22. The van der Waals surface area contributed by atoms with E-state index in [-0.39, 0.29) is 19.6 Å². The van der Waals surface area contributed by atoms with Crippen molar-refractivity contribution < 1.29 is 0 Å². The summed E-state index contributed by atoms with van der Waals surface area (Å²) in [6.07, 6.45) is 0. The minimum atomic E-state index is -0.357. The van der Waals surface area contributed by atoms with Crippen molar-refractivity contribution in [3.8, 4) is 0 Å². The molecular formula is C3H9Te+. The molecule has 1 heteroatoms. The van der Waals surface area contributed by atoms with Crippen LogP contribution in [0.15, 0.2) is 0 Å². The predicted molar refractivity (Wildman–Crippen MR) is 23.3 cm³/mol. The Morgan fingerprint density at radius 2 is 1.00 bits per heavy atom. The quantitative estimate of drug-likeness (QED) is 0.485. The molecule has 0 rings (SSSR count). The molecule has 0 atom stereocenters. The first-order chi connectivity index (χ1) is 1.73. The van der Waals surface area contributed by atoms with E-state index in [1.54, 1.807) is 0 Å². The van der Waals surface area contributed by atoms with E-state index >= 15 is 0 Å². The molecule has 0 amide bonds. The third-order valence-corrected chi connectivity index (χ3v) is 0. The zero-order valence-corrected chi connectivity index (χ0v) is 5.74. The van der Waals surface area contributed by atoms with E-state index in [2.05, 4.69) is 14.9 Å². The van der Waals surface area contributed by atoms with Gasteiger partial charge in [0.2, 0.25) is 0 Å². The molecule has 0 aliphatic carbocycles. The fraction of sp³-hybridized carbons (Fsp3) is 1.00. The summed E-state index contributed by atoms with van der Waals surface area (Å²) in [6, 6.07) is 0. The van der Waals surface area contributed by atoms with Crippen LogP contribution in [0.3, 0.4) is 0 Å². The predicted octanol–water partition coefficient (Wildman–Crippen LogP) is 1.37. The molecule has 0 bridgehead atoms. The van der Waals surface area contributed by atoms with Crippen LogP contribution >= 0.6 is 0 Å². The third kappa shape index (κ3) is 14.3. The molecule has 0 aromatic heterocycles. The Hall–Kier alpha value is 0.790. The molecule has 0 radical (unpaired) electrons. The van der Waals surface area contributed by atoms with Gasteiger partial charge in [-0.1, -0.05) is 0 Å². The fourth-order valence-electron chi connectivity index (χ4n) is 0. The molecule has 0 saturated carbocycles.